The Morgan fingerprint density at radius 3 is 2.36 bits per heavy atom. The third-order valence-corrected chi connectivity index (χ3v) is 4.98. The minimum Gasteiger partial charge on any atom is -0.449 e. The van der Waals surface area contributed by atoms with E-state index >= 15 is 0 Å². The molecule has 3 aromatic rings. The number of nitro groups is 1. The van der Waals surface area contributed by atoms with Crippen molar-refractivity contribution in [2.24, 2.45) is 7.05 Å². The lowest BCUT2D eigenvalue weighted by Crippen LogP contribution is -2.31. The van der Waals surface area contributed by atoms with Crippen LogP contribution in [0.2, 0.25) is 0 Å². The molecule has 0 saturated carbocycles. The van der Waals surface area contributed by atoms with Crippen LogP contribution in [0.15, 0.2) is 65.5 Å². The van der Waals surface area contributed by atoms with E-state index in [2.05, 4.69) is 5.32 Å². The van der Waals surface area contributed by atoms with Crippen LogP contribution < -0.4 is 10.9 Å². The first-order valence-corrected chi connectivity index (χ1v) is 9.97. The fourth-order valence-electron chi connectivity index (χ4n) is 3.08. The molecule has 3 rings (SSSR count). The second-order valence-electron chi connectivity index (χ2n) is 7.19. The van der Waals surface area contributed by atoms with Crippen molar-refractivity contribution in [1.29, 1.82) is 0 Å². The van der Waals surface area contributed by atoms with Crippen molar-refractivity contribution in [3.05, 3.63) is 92.4 Å². The molecule has 1 unspecified atom stereocenters. The van der Waals surface area contributed by atoms with Crippen LogP contribution in [0.25, 0.3) is 11.8 Å². The number of benzene rings is 2. The SMILES string of the molecule is Cc1c(NC(=O)C(C)OC(=O)/C=C/c2ccc([N+](=O)[O-])cc2)c(=O)n(-c2ccccc2)n1C. The fourth-order valence-corrected chi connectivity index (χ4v) is 3.08. The Balaban J connectivity index is 1.67. The van der Waals surface area contributed by atoms with Gasteiger partial charge in [0.25, 0.3) is 17.2 Å². The summed E-state index contributed by atoms with van der Waals surface area (Å²) in [5, 5.41) is 13.2. The van der Waals surface area contributed by atoms with Gasteiger partial charge in [-0.1, -0.05) is 18.2 Å². The number of carbonyl (C=O) groups excluding carboxylic acids is 2. The van der Waals surface area contributed by atoms with E-state index in [1.807, 2.05) is 6.07 Å². The summed E-state index contributed by atoms with van der Waals surface area (Å²) >= 11 is 0. The normalized spacial score (nSPS) is 11.8. The van der Waals surface area contributed by atoms with E-state index in [0.717, 1.165) is 6.08 Å². The number of aromatic nitrogens is 2. The van der Waals surface area contributed by atoms with E-state index in [9.17, 15) is 24.5 Å². The number of hydrogen-bond acceptors (Lipinski definition) is 6. The molecule has 1 aromatic heterocycles. The first kappa shape index (κ1) is 23.2. The zero-order chi connectivity index (χ0) is 24.1. The summed E-state index contributed by atoms with van der Waals surface area (Å²) in [4.78, 5) is 47.7. The summed E-state index contributed by atoms with van der Waals surface area (Å²) in [7, 11) is 1.70. The van der Waals surface area contributed by atoms with Crippen LogP contribution in [0, 0.1) is 17.0 Å². The average Bonchev–Trinajstić information content (AvgIpc) is 3.01. The van der Waals surface area contributed by atoms with Crippen molar-refractivity contribution in [2.45, 2.75) is 20.0 Å². The van der Waals surface area contributed by atoms with Crippen LogP contribution in [0.4, 0.5) is 11.4 Å². The number of non-ortho nitro benzene ring substituents is 1. The molecule has 10 heteroatoms. The summed E-state index contributed by atoms with van der Waals surface area (Å²) in [5.41, 5.74) is 1.35. The Labute approximate surface area is 188 Å². The van der Waals surface area contributed by atoms with Crippen molar-refractivity contribution in [1.82, 2.24) is 9.36 Å². The number of ether oxygens (including phenoxy) is 1. The predicted octanol–water partition coefficient (Wildman–Crippen LogP) is 2.98. The highest BCUT2D eigenvalue weighted by atomic mass is 16.6. The molecular formula is C23H22N4O6. The first-order valence-electron chi connectivity index (χ1n) is 9.97. The molecule has 1 N–H and O–H groups in total. The zero-order valence-electron chi connectivity index (χ0n) is 18.2. The highest BCUT2D eigenvalue weighted by molar-refractivity contribution is 5.97. The molecule has 0 fully saturated rings. The maximum atomic E-state index is 12.9. The highest BCUT2D eigenvalue weighted by Gasteiger charge is 2.22. The number of nitro benzene ring substituents is 1. The van der Waals surface area contributed by atoms with Crippen LogP contribution in [0.3, 0.4) is 0 Å². The van der Waals surface area contributed by atoms with Gasteiger partial charge in [0, 0.05) is 25.3 Å². The third kappa shape index (κ3) is 5.24. The second-order valence-corrected chi connectivity index (χ2v) is 7.19. The Morgan fingerprint density at radius 2 is 1.76 bits per heavy atom. The number of anilines is 1. The molecule has 170 valence electrons. The van der Waals surface area contributed by atoms with E-state index in [4.69, 9.17) is 4.74 Å². The second kappa shape index (κ2) is 9.77. The van der Waals surface area contributed by atoms with Crippen molar-refractivity contribution in [3.8, 4) is 5.69 Å². The van der Waals surface area contributed by atoms with E-state index in [-0.39, 0.29) is 11.4 Å². The van der Waals surface area contributed by atoms with Gasteiger partial charge >= 0.3 is 5.97 Å². The van der Waals surface area contributed by atoms with Crippen molar-refractivity contribution in [3.63, 3.8) is 0 Å². The average molecular weight is 450 g/mol. The minimum atomic E-state index is -1.16. The van der Waals surface area contributed by atoms with Gasteiger partial charge in [0.15, 0.2) is 6.10 Å². The standard InChI is InChI=1S/C23H22N4O6/c1-15-21(23(30)26(25(15)3)18-7-5-4-6-8-18)24-22(29)16(2)33-20(28)14-11-17-9-12-19(13-10-17)27(31)32/h4-14,16H,1-3H3,(H,24,29)/b14-11+. The molecule has 1 heterocycles. The monoisotopic (exact) mass is 450 g/mol. The summed E-state index contributed by atoms with van der Waals surface area (Å²) < 4.78 is 8.15. The summed E-state index contributed by atoms with van der Waals surface area (Å²) in [5.74, 6) is -1.43. The Morgan fingerprint density at radius 1 is 1.12 bits per heavy atom. The molecule has 0 radical (unpaired) electrons. The van der Waals surface area contributed by atoms with Gasteiger partial charge in [-0.25, -0.2) is 9.48 Å². The molecule has 0 bridgehead atoms. The number of nitrogens with one attached hydrogen (secondary N) is 1. The Kier molecular flexibility index (Phi) is 6.87. The molecular weight excluding hydrogens is 428 g/mol. The molecule has 1 atom stereocenters. The summed E-state index contributed by atoms with van der Waals surface area (Å²) in [6, 6.07) is 14.6. The number of nitrogens with zero attached hydrogens (tertiary/aromatic N) is 3. The van der Waals surface area contributed by atoms with Gasteiger partial charge in [0.1, 0.15) is 5.69 Å². The van der Waals surface area contributed by atoms with Gasteiger partial charge in [-0.3, -0.25) is 24.4 Å². The van der Waals surface area contributed by atoms with Crippen LogP contribution >= 0.6 is 0 Å². The molecule has 1 amide bonds. The maximum absolute atomic E-state index is 12.9. The molecule has 0 aliphatic rings. The van der Waals surface area contributed by atoms with Crippen molar-refractivity contribution < 1.29 is 19.2 Å². The van der Waals surface area contributed by atoms with Crippen LogP contribution in [-0.2, 0) is 21.4 Å². The summed E-state index contributed by atoms with van der Waals surface area (Å²) in [6.07, 6.45) is 1.36. The van der Waals surface area contributed by atoms with Gasteiger partial charge < -0.3 is 10.1 Å². The van der Waals surface area contributed by atoms with Gasteiger partial charge in [0.2, 0.25) is 0 Å². The molecule has 0 aliphatic heterocycles. The molecule has 10 nitrogen and oxygen atoms in total. The van der Waals surface area contributed by atoms with Crippen LogP contribution in [-0.4, -0.2) is 32.3 Å². The van der Waals surface area contributed by atoms with E-state index in [1.165, 1.54) is 41.9 Å². The van der Waals surface area contributed by atoms with E-state index in [1.54, 1.807) is 42.9 Å². The van der Waals surface area contributed by atoms with E-state index < -0.39 is 28.5 Å². The number of carbonyl (C=O) groups is 2. The largest absolute Gasteiger partial charge is 0.449 e. The van der Waals surface area contributed by atoms with E-state index in [0.29, 0.717) is 16.9 Å². The Bertz CT molecular complexity index is 1270. The van der Waals surface area contributed by atoms with Gasteiger partial charge in [-0.2, -0.15) is 0 Å². The smallest absolute Gasteiger partial charge is 0.331 e. The Hall–Kier alpha value is -4.47. The lowest BCUT2D eigenvalue weighted by molar-refractivity contribution is -0.384. The molecule has 33 heavy (non-hydrogen) atoms. The quantitative estimate of drug-likeness (QED) is 0.255. The van der Waals surface area contributed by atoms with Crippen molar-refractivity contribution >= 4 is 29.3 Å². The number of hydrogen-bond donors (Lipinski definition) is 1. The number of para-hydroxylation sites is 1. The van der Waals surface area contributed by atoms with Crippen molar-refractivity contribution in [2.75, 3.05) is 5.32 Å². The third-order valence-electron chi connectivity index (χ3n) is 4.98. The molecule has 0 aliphatic carbocycles. The number of esters is 1. The predicted molar refractivity (Wildman–Crippen MR) is 122 cm³/mol. The van der Waals surface area contributed by atoms with Crippen LogP contribution in [0.5, 0.6) is 0 Å². The topological polar surface area (TPSA) is 125 Å². The lowest BCUT2D eigenvalue weighted by Gasteiger charge is -2.11. The van der Waals surface area contributed by atoms with Crippen LogP contribution in [0.1, 0.15) is 18.2 Å². The molecule has 2 aromatic carbocycles. The maximum Gasteiger partial charge on any atom is 0.331 e. The minimum absolute atomic E-state index is 0.0671. The highest BCUT2D eigenvalue weighted by Crippen LogP contribution is 2.15. The first-order chi connectivity index (χ1) is 15.7. The zero-order valence-corrected chi connectivity index (χ0v) is 18.2. The van der Waals surface area contributed by atoms with Gasteiger partial charge in [0.05, 0.1) is 16.3 Å². The lowest BCUT2D eigenvalue weighted by atomic mass is 10.2. The van der Waals surface area contributed by atoms with Gasteiger partial charge in [-0.15, -0.1) is 0 Å². The summed E-state index contributed by atoms with van der Waals surface area (Å²) in [6.45, 7) is 3.08. The molecule has 0 spiro atoms. The van der Waals surface area contributed by atoms with Gasteiger partial charge in [-0.05, 0) is 49.8 Å². The number of rotatable bonds is 7. The number of amides is 1. The fraction of sp³-hybridized carbons (Fsp3) is 0.174. The molecule has 0 saturated heterocycles.